The molecule has 19 heavy (non-hydrogen) atoms. The van der Waals surface area contributed by atoms with Gasteiger partial charge < -0.3 is 4.74 Å². The van der Waals surface area contributed by atoms with E-state index in [2.05, 4.69) is 21.7 Å². The number of hydrogen-bond acceptors (Lipinski definition) is 4. The third-order valence-electron chi connectivity index (χ3n) is 2.90. The van der Waals surface area contributed by atoms with Crippen LogP contribution < -0.4 is 0 Å². The van der Waals surface area contributed by atoms with Crippen molar-refractivity contribution in [2.45, 2.75) is 33.6 Å². The van der Waals surface area contributed by atoms with Gasteiger partial charge in [0.15, 0.2) is 5.90 Å². The molecule has 0 atom stereocenters. The van der Waals surface area contributed by atoms with Crippen LogP contribution >= 0.6 is 0 Å². The molecule has 0 radical (unpaired) electrons. The molecular formula is C14H20N4O. The normalized spacial score (nSPS) is 16.1. The van der Waals surface area contributed by atoms with Gasteiger partial charge in [0, 0.05) is 13.1 Å². The van der Waals surface area contributed by atoms with Crippen molar-refractivity contribution in [1.29, 1.82) is 0 Å². The lowest BCUT2D eigenvalue weighted by molar-refractivity contribution is 0.284. The minimum absolute atomic E-state index is 0.683. The highest BCUT2D eigenvalue weighted by molar-refractivity contribution is 5.74. The molecule has 5 nitrogen and oxygen atoms in total. The lowest BCUT2D eigenvalue weighted by Gasteiger charge is -2.02. The molecule has 1 aromatic rings. The van der Waals surface area contributed by atoms with Gasteiger partial charge in [-0.2, -0.15) is 5.10 Å². The fourth-order valence-corrected chi connectivity index (χ4v) is 1.65. The van der Waals surface area contributed by atoms with Gasteiger partial charge in [0.2, 0.25) is 0 Å². The van der Waals surface area contributed by atoms with Crippen LogP contribution in [0.4, 0.5) is 0 Å². The minimum Gasteiger partial charge on any atom is -0.481 e. The van der Waals surface area contributed by atoms with Gasteiger partial charge in [0.1, 0.15) is 11.6 Å². The monoisotopic (exact) mass is 260 g/mol. The van der Waals surface area contributed by atoms with E-state index in [1.54, 1.807) is 17.0 Å². The van der Waals surface area contributed by atoms with E-state index in [1.807, 2.05) is 20.8 Å². The molecule has 1 aliphatic carbocycles. The van der Waals surface area contributed by atoms with Crippen molar-refractivity contribution in [3.05, 3.63) is 30.5 Å². The fourth-order valence-electron chi connectivity index (χ4n) is 1.65. The standard InChI is InChI=1S/C14H20N4O/c1-10(18-12(3)16-11(2)17-18)7-8-15-13(4)19-9-14-5-6-14/h7-8,14H,1,5-6,9H2,2-4H3/b8-7-,15-13?. The van der Waals surface area contributed by atoms with Crippen LogP contribution in [-0.4, -0.2) is 27.3 Å². The number of rotatable bonds is 5. The van der Waals surface area contributed by atoms with Crippen molar-refractivity contribution >= 4 is 11.6 Å². The van der Waals surface area contributed by atoms with E-state index in [1.165, 1.54) is 12.8 Å². The molecule has 1 saturated carbocycles. The van der Waals surface area contributed by atoms with Gasteiger partial charge in [-0.05, 0) is 38.7 Å². The first-order chi connectivity index (χ1) is 9.06. The molecule has 0 bridgehead atoms. The van der Waals surface area contributed by atoms with E-state index >= 15 is 0 Å². The second-order valence-electron chi connectivity index (χ2n) is 4.83. The second-order valence-corrected chi connectivity index (χ2v) is 4.83. The Morgan fingerprint density at radius 2 is 2.26 bits per heavy atom. The maximum absolute atomic E-state index is 5.52. The number of nitrogens with zero attached hydrogens (tertiary/aromatic N) is 4. The van der Waals surface area contributed by atoms with Crippen LogP contribution in [0.5, 0.6) is 0 Å². The summed E-state index contributed by atoms with van der Waals surface area (Å²) in [5, 5.41) is 4.25. The SMILES string of the molecule is C=C(/C=C\N=C(C)OCC1CC1)n1nc(C)nc1C. The molecule has 1 aromatic heterocycles. The summed E-state index contributed by atoms with van der Waals surface area (Å²) in [7, 11) is 0. The van der Waals surface area contributed by atoms with Gasteiger partial charge >= 0.3 is 0 Å². The molecule has 0 saturated heterocycles. The molecule has 0 aliphatic heterocycles. The zero-order valence-electron chi connectivity index (χ0n) is 11.8. The average Bonchev–Trinajstić information content (AvgIpc) is 3.11. The molecule has 0 spiro atoms. The first kappa shape index (κ1) is 13.5. The zero-order valence-corrected chi connectivity index (χ0v) is 11.8. The van der Waals surface area contributed by atoms with Crippen molar-refractivity contribution in [3.8, 4) is 0 Å². The molecule has 0 N–H and O–H groups in total. The van der Waals surface area contributed by atoms with Crippen molar-refractivity contribution in [2.75, 3.05) is 6.61 Å². The van der Waals surface area contributed by atoms with E-state index < -0.39 is 0 Å². The van der Waals surface area contributed by atoms with Crippen LogP contribution in [0.15, 0.2) is 23.8 Å². The van der Waals surface area contributed by atoms with E-state index in [0.29, 0.717) is 5.90 Å². The van der Waals surface area contributed by atoms with Gasteiger partial charge in [-0.3, -0.25) is 0 Å². The Balaban J connectivity index is 1.88. The lowest BCUT2D eigenvalue weighted by Crippen LogP contribution is -2.02. The molecule has 1 aliphatic rings. The van der Waals surface area contributed by atoms with E-state index in [4.69, 9.17) is 4.74 Å². The summed E-state index contributed by atoms with van der Waals surface area (Å²) in [5.41, 5.74) is 0.733. The van der Waals surface area contributed by atoms with Crippen molar-refractivity contribution < 1.29 is 4.74 Å². The summed E-state index contributed by atoms with van der Waals surface area (Å²) in [6, 6.07) is 0. The summed E-state index contributed by atoms with van der Waals surface area (Å²) in [5.74, 6) is 2.98. The quantitative estimate of drug-likeness (QED) is 0.464. The highest BCUT2D eigenvalue weighted by Crippen LogP contribution is 2.28. The number of aliphatic imine (C=N–C) groups is 1. The highest BCUT2D eigenvalue weighted by atomic mass is 16.5. The summed E-state index contributed by atoms with van der Waals surface area (Å²) in [4.78, 5) is 8.45. The minimum atomic E-state index is 0.683. The van der Waals surface area contributed by atoms with Crippen molar-refractivity contribution in [3.63, 3.8) is 0 Å². The molecule has 2 rings (SSSR count). The Hall–Kier alpha value is -1.91. The number of hydrogen-bond donors (Lipinski definition) is 0. The average molecular weight is 260 g/mol. The smallest absolute Gasteiger partial charge is 0.184 e. The first-order valence-electron chi connectivity index (χ1n) is 6.49. The Morgan fingerprint density at radius 1 is 1.53 bits per heavy atom. The number of ether oxygens (including phenoxy) is 1. The van der Waals surface area contributed by atoms with Gasteiger partial charge in [0.25, 0.3) is 0 Å². The summed E-state index contributed by atoms with van der Waals surface area (Å²) >= 11 is 0. The van der Waals surface area contributed by atoms with E-state index in [9.17, 15) is 0 Å². The molecular weight excluding hydrogens is 240 g/mol. The first-order valence-corrected chi connectivity index (χ1v) is 6.49. The molecule has 102 valence electrons. The van der Waals surface area contributed by atoms with Crippen LogP contribution in [0.2, 0.25) is 0 Å². The van der Waals surface area contributed by atoms with Crippen LogP contribution in [0.1, 0.15) is 31.4 Å². The van der Waals surface area contributed by atoms with Gasteiger partial charge in [-0.15, -0.1) is 0 Å². The molecule has 0 unspecified atom stereocenters. The Kier molecular flexibility index (Phi) is 4.14. The number of aromatic nitrogens is 3. The maximum Gasteiger partial charge on any atom is 0.184 e. The Morgan fingerprint density at radius 3 is 2.84 bits per heavy atom. The number of aryl methyl sites for hydroxylation is 2. The predicted molar refractivity (Wildman–Crippen MR) is 75.8 cm³/mol. The Labute approximate surface area is 113 Å². The van der Waals surface area contributed by atoms with E-state index in [-0.39, 0.29) is 0 Å². The fraction of sp³-hybridized carbons (Fsp3) is 0.500. The predicted octanol–water partition coefficient (Wildman–Crippen LogP) is 2.72. The Bertz CT molecular complexity index is 524. The van der Waals surface area contributed by atoms with Gasteiger partial charge in [-0.1, -0.05) is 6.58 Å². The van der Waals surface area contributed by atoms with Gasteiger partial charge in [-0.25, -0.2) is 14.7 Å². The molecule has 0 aromatic carbocycles. The zero-order chi connectivity index (χ0) is 13.8. The van der Waals surface area contributed by atoms with Crippen LogP contribution in [0, 0.1) is 19.8 Å². The molecule has 1 heterocycles. The largest absolute Gasteiger partial charge is 0.481 e. The van der Waals surface area contributed by atoms with Crippen molar-refractivity contribution in [2.24, 2.45) is 10.9 Å². The molecule has 5 heteroatoms. The summed E-state index contributed by atoms with van der Waals surface area (Å²) < 4.78 is 7.21. The number of allylic oxidation sites excluding steroid dienone is 2. The topological polar surface area (TPSA) is 52.3 Å². The van der Waals surface area contributed by atoms with Crippen LogP contribution in [-0.2, 0) is 4.74 Å². The van der Waals surface area contributed by atoms with Gasteiger partial charge in [0.05, 0.1) is 12.3 Å². The van der Waals surface area contributed by atoms with E-state index in [0.717, 1.165) is 29.9 Å². The summed E-state index contributed by atoms with van der Waals surface area (Å²) in [6.07, 6.45) is 6.04. The molecule has 0 amide bonds. The van der Waals surface area contributed by atoms with Crippen LogP contribution in [0.25, 0.3) is 5.70 Å². The lowest BCUT2D eigenvalue weighted by atomic mass is 10.4. The van der Waals surface area contributed by atoms with Crippen LogP contribution in [0.3, 0.4) is 0 Å². The third-order valence-corrected chi connectivity index (χ3v) is 2.90. The maximum atomic E-state index is 5.52. The van der Waals surface area contributed by atoms with Crippen molar-refractivity contribution in [1.82, 2.24) is 14.8 Å². The summed E-state index contributed by atoms with van der Waals surface area (Å²) in [6.45, 7) is 10.3. The second kappa shape index (κ2) is 5.82. The third kappa shape index (κ3) is 4.05. The molecule has 1 fully saturated rings. The highest BCUT2D eigenvalue weighted by Gasteiger charge is 2.21.